The summed E-state index contributed by atoms with van der Waals surface area (Å²) < 4.78 is 13.1. The second-order valence-electron chi connectivity index (χ2n) is 5.68. The van der Waals surface area contributed by atoms with E-state index in [1.807, 2.05) is 30.3 Å². The first-order valence-corrected chi connectivity index (χ1v) is 9.58. The summed E-state index contributed by atoms with van der Waals surface area (Å²) in [6.45, 7) is -0.207. The molecule has 8 heteroatoms. The summed E-state index contributed by atoms with van der Waals surface area (Å²) in [6, 6.07) is 12.9. The maximum atomic E-state index is 12.9. The number of imidazole rings is 1. The monoisotopic (exact) mass is 444 g/mol. The summed E-state index contributed by atoms with van der Waals surface area (Å²) in [4.78, 5) is 29.4. The van der Waals surface area contributed by atoms with Gasteiger partial charge in [-0.2, -0.15) is 0 Å². The molecule has 4 rings (SSSR count). The molecule has 0 spiro atoms. The van der Waals surface area contributed by atoms with Crippen LogP contribution in [0.2, 0.25) is 0 Å². The Labute approximate surface area is 165 Å². The minimum atomic E-state index is -0.477. The first kappa shape index (κ1) is 17.7. The predicted molar refractivity (Wildman–Crippen MR) is 107 cm³/mol. The average Bonchev–Trinajstić information content (AvgIpc) is 3.17. The predicted octanol–water partition coefficient (Wildman–Crippen LogP) is 2.77. The Bertz CT molecular complexity index is 1280. The second kappa shape index (κ2) is 7.13. The van der Waals surface area contributed by atoms with Gasteiger partial charge in [-0.25, -0.2) is 14.2 Å². The lowest BCUT2D eigenvalue weighted by molar-refractivity contribution is -0.142. The molecular formula is C19H13BrN2O4S. The number of aromatic nitrogens is 2. The van der Waals surface area contributed by atoms with Gasteiger partial charge in [0.15, 0.2) is 11.6 Å². The number of para-hydroxylation sites is 2. The Balaban J connectivity index is 1.84. The molecule has 0 aliphatic carbocycles. The molecule has 2 aromatic carbocycles. The van der Waals surface area contributed by atoms with Gasteiger partial charge in [0.05, 0.1) is 22.7 Å². The van der Waals surface area contributed by atoms with Crippen LogP contribution in [-0.2, 0) is 9.53 Å². The molecule has 27 heavy (non-hydrogen) atoms. The number of hydrogen-bond acceptors (Lipinski definition) is 6. The van der Waals surface area contributed by atoms with Gasteiger partial charge in [-0.3, -0.25) is 4.79 Å². The molecule has 0 bridgehead atoms. The van der Waals surface area contributed by atoms with E-state index >= 15 is 0 Å². The third kappa shape index (κ3) is 3.33. The number of halogens is 1. The lowest BCUT2D eigenvalue weighted by atomic mass is 10.2. The van der Waals surface area contributed by atoms with Crippen molar-refractivity contribution < 1.29 is 14.3 Å². The fraction of sp³-hybridized carbons (Fsp3) is 0.105. The zero-order valence-corrected chi connectivity index (χ0v) is 16.5. The average molecular weight is 445 g/mol. The molecular weight excluding hydrogens is 432 g/mol. The molecule has 136 valence electrons. The van der Waals surface area contributed by atoms with Gasteiger partial charge in [0.2, 0.25) is 0 Å². The second-order valence-corrected chi connectivity index (χ2v) is 7.61. The van der Waals surface area contributed by atoms with Crippen molar-refractivity contribution in [3.8, 4) is 5.75 Å². The summed E-state index contributed by atoms with van der Waals surface area (Å²) in [6.07, 6.45) is 1.74. The van der Waals surface area contributed by atoms with Crippen molar-refractivity contribution in [3.63, 3.8) is 0 Å². The number of rotatable bonds is 4. The van der Waals surface area contributed by atoms with E-state index in [2.05, 4.69) is 25.7 Å². The van der Waals surface area contributed by atoms with Gasteiger partial charge >= 0.3 is 5.97 Å². The maximum Gasteiger partial charge on any atom is 0.343 e. The Kier molecular flexibility index (Phi) is 4.67. The van der Waals surface area contributed by atoms with Crippen LogP contribution in [0.25, 0.3) is 22.1 Å². The van der Waals surface area contributed by atoms with E-state index in [1.54, 1.807) is 22.6 Å². The van der Waals surface area contributed by atoms with Gasteiger partial charge in [0.1, 0.15) is 5.75 Å². The smallest absolute Gasteiger partial charge is 0.343 e. The van der Waals surface area contributed by atoms with Crippen molar-refractivity contribution in [3.05, 3.63) is 67.4 Å². The highest BCUT2D eigenvalue weighted by Gasteiger charge is 2.12. The van der Waals surface area contributed by atoms with E-state index in [-0.39, 0.29) is 12.2 Å². The summed E-state index contributed by atoms with van der Waals surface area (Å²) in [7, 11) is 1.30. The zero-order chi connectivity index (χ0) is 19.0. The highest BCUT2D eigenvalue weighted by molar-refractivity contribution is 9.10. The van der Waals surface area contributed by atoms with Crippen LogP contribution >= 0.6 is 27.3 Å². The standard InChI is InChI=1S/C19H13BrN2O4S/c1-25-17(23)10-26-15-7-6-12(20)8-11(15)9-16-18(24)22-14-5-3-2-4-13(14)21-19(22)27-16/h2-9H,10H2,1H3. The molecule has 0 unspecified atom stereocenters. The van der Waals surface area contributed by atoms with Crippen LogP contribution in [0.4, 0.5) is 0 Å². The van der Waals surface area contributed by atoms with E-state index in [0.29, 0.717) is 20.8 Å². The molecule has 0 aliphatic rings. The number of thiazole rings is 1. The molecule has 0 atom stereocenters. The maximum absolute atomic E-state index is 12.9. The molecule has 4 aromatic rings. The number of carbonyl (C=O) groups excluding carboxylic acids is 1. The molecule has 0 saturated heterocycles. The minimum Gasteiger partial charge on any atom is -0.481 e. The molecule has 0 fully saturated rings. The number of benzene rings is 2. The van der Waals surface area contributed by atoms with Crippen LogP contribution in [0, 0.1) is 0 Å². The van der Waals surface area contributed by atoms with E-state index in [0.717, 1.165) is 15.5 Å². The van der Waals surface area contributed by atoms with E-state index in [9.17, 15) is 9.59 Å². The van der Waals surface area contributed by atoms with E-state index < -0.39 is 5.97 Å². The van der Waals surface area contributed by atoms with E-state index in [4.69, 9.17) is 4.74 Å². The lowest BCUT2D eigenvalue weighted by Crippen LogP contribution is -2.22. The highest BCUT2D eigenvalue weighted by Crippen LogP contribution is 2.24. The number of hydrogen-bond donors (Lipinski definition) is 0. The molecule has 0 radical (unpaired) electrons. The van der Waals surface area contributed by atoms with Crippen molar-refractivity contribution in [1.82, 2.24) is 9.38 Å². The van der Waals surface area contributed by atoms with Gasteiger partial charge in [-0.05, 0) is 36.4 Å². The molecule has 0 aliphatic heterocycles. The number of ether oxygens (including phenoxy) is 2. The summed E-state index contributed by atoms with van der Waals surface area (Å²) in [5.74, 6) is 0.00773. The molecule has 0 saturated carbocycles. The number of esters is 1. The Morgan fingerprint density at radius 2 is 2.11 bits per heavy atom. The van der Waals surface area contributed by atoms with Crippen LogP contribution in [0.3, 0.4) is 0 Å². The van der Waals surface area contributed by atoms with Crippen molar-refractivity contribution in [1.29, 1.82) is 0 Å². The van der Waals surface area contributed by atoms with Gasteiger partial charge in [-0.15, -0.1) is 0 Å². The zero-order valence-electron chi connectivity index (χ0n) is 14.1. The number of methoxy groups -OCH3 is 1. The van der Waals surface area contributed by atoms with Crippen molar-refractivity contribution in [2.24, 2.45) is 0 Å². The first-order chi connectivity index (χ1) is 13.1. The molecule has 6 nitrogen and oxygen atoms in total. The lowest BCUT2D eigenvalue weighted by Gasteiger charge is -2.08. The Morgan fingerprint density at radius 1 is 1.30 bits per heavy atom. The van der Waals surface area contributed by atoms with Crippen LogP contribution in [0.5, 0.6) is 5.75 Å². The summed E-state index contributed by atoms with van der Waals surface area (Å²) >= 11 is 4.73. The third-order valence-corrected chi connectivity index (χ3v) is 5.44. The van der Waals surface area contributed by atoms with Gasteiger partial charge < -0.3 is 9.47 Å². The van der Waals surface area contributed by atoms with Crippen molar-refractivity contribution >= 4 is 55.3 Å². The summed E-state index contributed by atoms with van der Waals surface area (Å²) in [5, 5.41) is 0. The number of carbonyl (C=O) groups is 1. The number of nitrogens with zero attached hydrogens (tertiary/aromatic N) is 2. The number of fused-ring (bicyclic) bond motifs is 3. The van der Waals surface area contributed by atoms with Crippen molar-refractivity contribution in [2.45, 2.75) is 0 Å². The van der Waals surface area contributed by atoms with Crippen LogP contribution in [-0.4, -0.2) is 29.1 Å². The normalized spacial score (nSPS) is 12.0. The Hall–Kier alpha value is -2.71. The van der Waals surface area contributed by atoms with Crippen molar-refractivity contribution in [2.75, 3.05) is 13.7 Å². The molecule has 2 aromatic heterocycles. The van der Waals surface area contributed by atoms with Gasteiger partial charge in [-0.1, -0.05) is 39.4 Å². The topological polar surface area (TPSA) is 69.9 Å². The fourth-order valence-electron chi connectivity index (χ4n) is 2.71. The first-order valence-electron chi connectivity index (χ1n) is 7.97. The Morgan fingerprint density at radius 3 is 2.93 bits per heavy atom. The minimum absolute atomic E-state index is 0.136. The highest BCUT2D eigenvalue weighted by atomic mass is 79.9. The van der Waals surface area contributed by atoms with Crippen LogP contribution in [0.15, 0.2) is 51.7 Å². The molecule has 2 heterocycles. The third-order valence-electron chi connectivity index (χ3n) is 3.98. The van der Waals surface area contributed by atoms with E-state index in [1.165, 1.54) is 18.4 Å². The summed E-state index contributed by atoms with van der Waals surface area (Å²) in [5.41, 5.74) is 2.11. The molecule has 0 N–H and O–H groups in total. The SMILES string of the molecule is COC(=O)COc1ccc(Br)cc1C=c1sc2nc3ccccc3n2c1=O. The van der Waals surface area contributed by atoms with Gasteiger partial charge in [0.25, 0.3) is 5.56 Å². The fourth-order valence-corrected chi connectivity index (χ4v) is 4.07. The van der Waals surface area contributed by atoms with Crippen LogP contribution in [0.1, 0.15) is 5.56 Å². The van der Waals surface area contributed by atoms with Gasteiger partial charge in [0, 0.05) is 10.0 Å². The molecule has 0 amide bonds. The largest absolute Gasteiger partial charge is 0.481 e. The van der Waals surface area contributed by atoms with Crippen LogP contribution < -0.4 is 14.8 Å². The quantitative estimate of drug-likeness (QED) is 0.452.